The highest BCUT2D eigenvalue weighted by molar-refractivity contribution is 5.67. The van der Waals surface area contributed by atoms with Crippen molar-refractivity contribution in [1.29, 1.82) is 0 Å². The Kier molecular flexibility index (Phi) is 4.02. The second kappa shape index (κ2) is 5.53. The maximum Gasteiger partial charge on any atom is 0.303 e. The van der Waals surface area contributed by atoms with Crippen LogP contribution in [0.2, 0.25) is 0 Å². The Morgan fingerprint density at radius 2 is 2.11 bits per heavy atom. The minimum Gasteiger partial charge on any atom is -0.481 e. The predicted octanol–water partition coefficient (Wildman–Crippen LogP) is 2.45. The lowest BCUT2D eigenvalue weighted by Gasteiger charge is -2.25. The molecular weight excluding hydrogens is 226 g/mol. The molecule has 1 aromatic rings. The smallest absolute Gasteiger partial charge is 0.303 e. The monoisotopic (exact) mass is 247 g/mol. The summed E-state index contributed by atoms with van der Waals surface area (Å²) in [7, 11) is 0. The summed E-state index contributed by atoms with van der Waals surface area (Å²) in [4.78, 5) is 10.9. The first-order valence-electron chi connectivity index (χ1n) is 6.59. The second-order valence-electron chi connectivity index (χ2n) is 5.57. The third-order valence-corrected chi connectivity index (χ3v) is 4.13. The fourth-order valence-corrected chi connectivity index (χ4v) is 3.19. The molecule has 0 heterocycles. The molecule has 0 saturated heterocycles. The second-order valence-corrected chi connectivity index (χ2v) is 5.57. The molecule has 0 radical (unpaired) electrons. The Labute approximate surface area is 108 Å². The first kappa shape index (κ1) is 13.1. The van der Waals surface area contributed by atoms with E-state index in [4.69, 9.17) is 10.8 Å². The molecule has 3 nitrogen and oxygen atoms in total. The predicted molar refractivity (Wildman–Crippen MR) is 71.2 cm³/mol. The molecule has 0 amide bonds. The van der Waals surface area contributed by atoms with E-state index >= 15 is 0 Å². The standard InChI is InChI=1S/C15H21NO2/c16-11-15(10-14(17)18)7-6-13(9-15)8-12-4-2-1-3-5-12/h1-5,13H,6-11,16H2,(H,17,18)/t13-,15-/m0/s1. The zero-order valence-corrected chi connectivity index (χ0v) is 10.6. The lowest BCUT2D eigenvalue weighted by atomic mass is 9.81. The number of hydrogen-bond acceptors (Lipinski definition) is 2. The Hall–Kier alpha value is -1.35. The van der Waals surface area contributed by atoms with Gasteiger partial charge in [0, 0.05) is 0 Å². The van der Waals surface area contributed by atoms with Gasteiger partial charge in [-0.3, -0.25) is 4.79 Å². The summed E-state index contributed by atoms with van der Waals surface area (Å²) in [6.45, 7) is 0.491. The van der Waals surface area contributed by atoms with Crippen LogP contribution in [0, 0.1) is 11.3 Å². The maximum atomic E-state index is 10.9. The Bertz CT molecular complexity index is 404. The van der Waals surface area contributed by atoms with E-state index in [0.717, 1.165) is 25.7 Å². The van der Waals surface area contributed by atoms with E-state index in [-0.39, 0.29) is 11.8 Å². The largest absolute Gasteiger partial charge is 0.481 e. The zero-order chi connectivity index (χ0) is 13.0. The summed E-state index contributed by atoms with van der Waals surface area (Å²) in [6, 6.07) is 10.4. The highest BCUT2D eigenvalue weighted by Gasteiger charge is 2.39. The van der Waals surface area contributed by atoms with Crippen molar-refractivity contribution in [2.24, 2.45) is 17.1 Å². The number of hydrogen-bond donors (Lipinski definition) is 2. The topological polar surface area (TPSA) is 63.3 Å². The van der Waals surface area contributed by atoms with Crippen molar-refractivity contribution in [3.8, 4) is 0 Å². The Morgan fingerprint density at radius 1 is 1.39 bits per heavy atom. The molecular formula is C15H21NO2. The van der Waals surface area contributed by atoms with Crippen LogP contribution >= 0.6 is 0 Å². The highest BCUT2D eigenvalue weighted by atomic mass is 16.4. The van der Waals surface area contributed by atoms with Gasteiger partial charge in [-0.15, -0.1) is 0 Å². The summed E-state index contributed by atoms with van der Waals surface area (Å²) in [5.74, 6) is -0.142. The molecule has 3 N–H and O–H groups in total. The van der Waals surface area contributed by atoms with Crippen LogP contribution in [0.25, 0.3) is 0 Å². The van der Waals surface area contributed by atoms with E-state index in [1.165, 1.54) is 5.56 Å². The van der Waals surface area contributed by atoms with Gasteiger partial charge in [-0.2, -0.15) is 0 Å². The molecule has 1 aliphatic carbocycles. The average Bonchev–Trinajstić information content (AvgIpc) is 2.73. The van der Waals surface area contributed by atoms with Gasteiger partial charge in [0.15, 0.2) is 0 Å². The molecule has 2 atom stereocenters. The maximum absolute atomic E-state index is 10.9. The van der Waals surface area contributed by atoms with Crippen molar-refractivity contribution in [3.05, 3.63) is 35.9 Å². The molecule has 0 spiro atoms. The van der Waals surface area contributed by atoms with Gasteiger partial charge in [-0.05, 0) is 49.1 Å². The van der Waals surface area contributed by atoms with Crippen molar-refractivity contribution in [3.63, 3.8) is 0 Å². The molecule has 1 fully saturated rings. The van der Waals surface area contributed by atoms with Gasteiger partial charge in [-0.1, -0.05) is 30.3 Å². The molecule has 1 aromatic carbocycles. The summed E-state index contributed by atoms with van der Waals surface area (Å²) < 4.78 is 0. The van der Waals surface area contributed by atoms with E-state index in [9.17, 15) is 4.79 Å². The molecule has 3 heteroatoms. The first-order chi connectivity index (χ1) is 8.63. The normalized spacial score (nSPS) is 27.3. The number of carbonyl (C=O) groups is 1. The van der Waals surface area contributed by atoms with Crippen molar-refractivity contribution >= 4 is 5.97 Å². The van der Waals surface area contributed by atoms with E-state index in [1.54, 1.807) is 0 Å². The van der Waals surface area contributed by atoms with Crippen LogP contribution in [0.1, 0.15) is 31.2 Å². The van der Waals surface area contributed by atoms with E-state index in [1.807, 2.05) is 6.07 Å². The fourth-order valence-electron chi connectivity index (χ4n) is 3.19. The average molecular weight is 247 g/mol. The number of benzene rings is 1. The molecule has 0 aliphatic heterocycles. The Morgan fingerprint density at radius 3 is 2.72 bits per heavy atom. The SMILES string of the molecule is NC[C@@]1(CC(=O)O)CC[C@@H](Cc2ccccc2)C1. The van der Waals surface area contributed by atoms with Gasteiger partial charge in [-0.25, -0.2) is 0 Å². The van der Waals surface area contributed by atoms with Gasteiger partial charge in [0.1, 0.15) is 0 Å². The van der Waals surface area contributed by atoms with Gasteiger partial charge in [0.05, 0.1) is 6.42 Å². The summed E-state index contributed by atoms with van der Waals surface area (Å²) in [5.41, 5.74) is 6.99. The fraction of sp³-hybridized carbons (Fsp3) is 0.533. The Balaban J connectivity index is 1.97. The summed E-state index contributed by atoms with van der Waals surface area (Å²) in [5, 5.41) is 8.99. The molecule has 1 aliphatic rings. The molecule has 2 rings (SSSR count). The third kappa shape index (κ3) is 3.10. The van der Waals surface area contributed by atoms with E-state index < -0.39 is 5.97 Å². The number of carboxylic acids is 1. The molecule has 0 unspecified atom stereocenters. The van der Waals surface area contributed by atoms with Gasteiger partial charge in [0.2, 0.25) is 0 Å². The summed E-state index contributed by atoms with van der Waals surface area (Å²) >= 11 is 0. The number of nitrogens with two attached hydrogens (primary N) is 1. The van der Waals surface area contributed by atoms with Crippen LogP contribution < -0.4 is 5.73 Å². The quantitative estimate of drug-likeness (QED) is 0.840. The van der Waals surface area contributed by atoms with Gasteiger partial charge >= 0.3 is 5.97 Å². The minimum atomic E-state index is -0.721. The first-order valence-corrected chi connectivity index (χ1v) is 6.59. The number of rotatable bonds is 5. The number of carboxylic acid groups (broad SMARTS) is 1. The lowest BCUT2D eigenvalue weighted by Crippen LogP contribution is -2.30. The van der Waals surface area contributed by atoms with Crippen molar-refractivity contribution in [2.75, 3.05) is 6.54 Å². The highest BCUT2D eigenvalue weighted by Crippen LogP contribution is 2.44. The molecule has 98 valence electrons. The molecule has 1 saturated carbocycles. The minimum absolute atomic E-state index is 0.161. The van der Waals surface area contributed by atoms with Crippen LogP contribution in [-0.2, 0) is 11.2 Å². The van der Waals surface area contributed by atoms with E-state index in [2.05, 4.69) is 24.3 Å². The van der Waals surface area contributed by atoms with E-state index in [0.29, 0.717) is 12.5 Å². The molecule has 0 aromatic heterocycles. The van der Waals surface area contributed by atoms with Gasteiger partial charge in [0.25, 0.3) is 0 Å². The van der Waals surface area contributed by atoms with Crippen molar-refractivity contribution in [1.82, 2.24) is 0 Å². The molecule has 0 bridgehead atoms. The molecule has 18 heavy (non-hydrogen) atoms. The van der Waals surface area contributed by atoms with Crippen LogP contribution in [0.3, 0.4) is 0 Å². The van der Waals surface area contributed by atoms with Crippen molar-refractivity contribution < 1.29 is 9.90 Å². The summed E-state index contributed by atoms with van der Waals surface area (Å²) in [6.07, 6.45) is 4.26. The van der Waals surface area contributed by atoms with Crippen LogP contribution in [0.4, 0.5) is 0 Å². The van der Waals surface area contributed by atoms with Crippen LogP contribution in [0.5, 0.6) is 0 Å². The van der Waals surface area contributed by atoms with Crippen LogP contribution in [-0.4, -0.2) is 17.6 Å². The van der Waals surface area contributed by atoms with Crippen molar-refractivity contribution in [2.45, 2.75) is 32.1 Å². The third-order valence-electron chi connectivity index (χ3n) is 4.13. The lowest BCUT2D eigenvalue weighted by molar-refractivity contribution is -0.139. The zero-order valence-electron chi connectivity index (χ0n) is 10.6. The van der Waals surface area contributed by atoms with Crippen LogP contribution in [0.15, 0.2) is 30.3 Å². The van der Waals surface area contributed by atoms with Gasteiger partial charge < -0.3 is 10.8 Å². The number of aliphatic carboxylic acids is 1.